The fourth-order valence-corrected chi connectivity index (χ4v) is 1.10. The Morgan fingerprint density at radius 3 is 2.94 bits per heavy atom. The Bertz CT molecular complexity index is 338. The van der Waals surface area contributed by atoms with E-state index in [4.69, 9.17) is 5.11 Å². The van der Waals surface area contributed by atoms with Crippen LogP contribution in [0, 0.1) is 0 Å². The highest BCUT2D eigenvalue weighted by atomic mass is 16.3. The van der Waals surface area contributed by atoms with Crippen molar-refractivity contribution >= 4 is 5.91 Å². The summed E-state index contributed by atoms with van der Waals surface area (Å²) in [5.41, 5.74) is -0.464. The Kier molecular flexibility index (Phi) is 4.39. The Morgan fingerprint density at radius 1 is 1.62 bits per heavy atom. The number of hydrogen-bond donors (Lipinski definition) is 3. The van der Waals surface area contributed by atoms with Gasteiger partial charge in [0.25, 0.3) is 0 Å². The number of nitrogens with one attached hydrogen (secondary N) is 1. The molecule has 1 rings (SSSR count). The molecular weight excluding hydrogens is 208 g/mol. The molecule has 1 atom stereocenters. The van der Waals surface area contributed by atoms with Gasteiger partial charge < -0.3 is 15.5 Å². The van der Waals surface area contributed by atoms with Crippen molar-refractivity contribution in [3.8, 4) is 0 Å². The van der Waals surface area contributed by atoms with E-state index in [-0.39, 0.29) is 25.5 Å². The van der Waals surface area contributed by atoms with Gasteiger partial charge in [-0.1, -0.05) is 6.07 Å². The highest BCUT2D eigenvalue weighted by molar-refractivity contribution is 5.78. The van der Waals surface area contributed by atoms with Crippen LogP contribution in [0.5, 0.6) is 0 Å². The Morgan fingerprint density at radius 2 is 2.38 bits per heavy atom. The fraction of sp³-hybridized carbons (Fsp3) is 0.455. The fourth-order valence-electron chi connectivity index (χ4n) is 1.10. The third kappa shape index (κ3) is 4.37. The number of carbonyl (C=O) groups excluding carboxylic acids is 1. The van der Waals surface area contributed by atoms with E-state index in [1.165, 1.54) is 6.92 Å². The van der Waals surface area contributed by atoms with Crippen molar-refractivity contribution in [2.24, 2.45) is 0 Å². The summed E-state index contributed by atoms with van der Waals surface area (Å²) in [6.07, 6.45) is 3.47. The molecule has 0 spiro atoms. The van der Waals surface area contributed by atoms with Crippen LogP contribution in [0.15, 0.2) is 24.5 Å². The van der Waals surface area contributed by atoms with E-state index in [1.807, 2.05) is 0 Å². The van der Waals surface area contributed by atoms with Gasteiger partial charge in [-0.05, 0) is 18.6 Å². The van der Waals surface area contributed by atoms with E-state index < -0.39 is 5.60 Å². The molecule has 5 nitrogen and oxygen atoms in total. The average molecular weight is 224 g/mol. The number of aromatic nitrogens is 1. The van der Waals surface area contributed by atoms with Crippen molar-refractivity contribution in [2.75, 3.05) is 13.2 Å². The number of aliphatic hydroxyl groups excluding tert-OH is 1. The maximum absolute atomic E-state index is 11.4. The van der Waals surface area contributed by atoms with Gasteiger partial charge in [0.15, 0.2) is 0 Å². The molecule has 1 heterocycles. The van der Waals surface area contributed by atoms with E-state index in [9.17, 15) is 9.90 Å². The number of carbonyl (C=O) groups is 1. The SMILES string of the molecule is CC(O)(CO)CNC(=O)Cc1cccnc1. The van der Waals surface area contributed by atoms with Crippen LogP contribution in [-0.4, -0.2) is 39.9 Å². The number of pyridine rings is 1. The van der Waals surface area contributed by atoms with Crippen LogP contribution in [0.25, 0.3) is 0 Å². The molecule has 0 aliphatic rings. The molecule has 0 aliphatic carbocycles. The number of nitrogens with zero attached hydrogens (tertiary/aromatic N) is 1. The van der Waals surface area contributed by atoms with Crippen molar-refractivity contribution in [1.29, 1.82) is 0 Å². The van der Waals surface area contributed by atoms with Crippen molar-refractivity contribution in [3.05, 3.63) is 30.1 Å². The largest absolute Gasteiger partial charge is 0.393 e. The lowest BCUT2D eigenvalue weighted by molar-refractivity contribution is -0.121. The van der Waals surface area contributed by atoms with Gasteiger partial charge in [0.2, 0.25) is 5.91 Å². The van der Waals surface area contributed by atoms with Crippen molar-refractivity contribution < 1.29 is 15.0 Å². The second-order valence-corrected chi connectivity index (χ2v) is 3.97. The molecule has 3 N–H and O–H groups in total. The van der Waals surface area contributed by atoms with Crippen LogP contribution < -0.4 is 5.32 Å². The third-order valence-electron chi connectivity index (χ3n) is 2.09. The van der Waals surface area contributed by atoms with E-state index in [1.54, 1.807) is 24.5 Å². The topological polar surface area (TPSA) is 82.5 Å². The normalized spacial score (nSPS) is 14.2. The van der Waals surface area contributed by atoms with Crippen molar-refractivity contribution in [2.45, 2.75) is 18.9 Å². The molecule has 5 heteroatoms. The summed E-state index contributed by atoms with van der Waals surface area (Å²) >= 11 is 0. The van der Waals surface area contributed by atoms with E-state index in [0.717, 1.165) is 5.56 Å². The van der Waals surface area contributed by atoms with Crippen LogP contribution in [0.3, 0.4) is 0 Å². The summed E-state index contributed by atoms with van der Waals surface area (Å²) in [6, 6.07) is 3.56. The van der Waals surface area contributed by atoms with E-state index >= 15 is 0 Å². The van der Waals surface area contributed by atoms with Crippen LogP contribution >= 0.6 is 0 Å². The molecular formula is C11H16N2O3. The summed E-state index contributed by atoms with van der Waals surface area (Å²) in [5, 5.41) is 20.8. The predicted octanol–water partition coefficient (Wildman–Crippen LogP) is -0.516. The minimum atomic E-state index is -1.27. The lowest BCUT2D eigenvalue weighted by atomic mass is 10.1. The summed E-state index contributed by atoms with van der Waals surface area (Å²) < 4.78 is 0. The minimum absolute atomic E-state index is 0.0304. The molecule has 0 aromatic carbocycles. The molecule has 16 heavy (non-hydrogen) atoms. The first-order chi connectivity index (χ1) is 7.53. The second-order valence-electron chi connectivity index (χ2n) is 3.97. The highest BCUT2D eigenvalue weighted by Crippen LogP contribution is 2.00. The van der Waals surface area contributed by atoms with Gasteiger partial charge in [0.1, 0.15) is 5.60 Å². The smallest absolute Gasteiger partial charge is 0.224 e. The van der Waals surface area contributed by atoms with Crippen LogP contribution in [0.2, 0.25) is 0 Å². The molecule has 88 valence electrons. The van der Waals surface area contributed by atoms with Gasteiger partial charge >= 0.3 is 0 Å². The maximum Gasteiger partial charge on any atom is 0.224 e. The average Bonchev–Trinajstić information content (AvgIpc) is 2.28. The zero-order valence-corrected chi connectivity index (χ0v) is 9.18. The van der Waals surface area contributed by atoms with Gasteiger partial charge in [0, 0.05) is 18.9 Å². The molecule has 1 aromatic heterocycles. The third-order valence-corrected chi connectivity index (χ3v) is 2.09. The zero-order valence-electron chi connectivity index (χ0n) is 9.18. The van der Waals surface area contributed by atoms with Gasteiger partial charge in [-0.2, -0.15) is 0 Å². The number of aliphatic hydroxyl groups is 2. The molecule has 0 radical (unpaired) electrons. The Balaban J connectivity index is 2.38. The first-order valence-electron chi connectivity index (χ1n) is 5.02. The molecule has 0 saturated carbocycles. The van der Waals surface area contributed by atoms with Gasteiger partial charge in [-0.15, -0.1) is 0 Å². The highest BCUT2D eigenvalue weighted by Gasteiger charge is 2.19. The second kappa shape index (κ2) is 5.58. The lowest BCUT2D eigenvalue weighted by Crippen LogP contribution is -2.43. The molecule has 0 aliphatic heterocycles. The van der Waals surface area contributed by atoms with Crippen molar-refractivity contribution in [1.82, 2.24) is 10.3 Å². The number of hydrogen-bond acceptors (Lipinski definition) is 4. The molecule has 0 fully saturated rings. The lowest BCUT2D eigenvalue weighted by Gasteiger charge is -2.20. The molecule has 1 aromatic rings. The molecule has 0 saturated heterocycles. The Labute approximate surface area is 94.1 Å². The quantitative estimate of drug-likeness (QED) is 0.628. The van der Waals surface area contributed by atoms with Crippen LogP contribution in [0.4, 0.5) is 0 Å². The number of amides is 1. The monoisotopic (exact) mass is 224 g/mol. The standard InChI is InChI=1S/C11H16N2O3/c1-11(16,8-14)7-13-10(15)5-9-3-2-4-12-6-9/h2-4,6,14,16H,5,7-8H2,1H3,(H,13,15). The zero-order chi connectivity index (χ0) is 12.0. The molecule has 1 unspecified atom stereocenters. The summed E-state index contributed by atoms with van der Waals surface area (Å²) in [7, 11) is 0. The first kappa shape index (κ1) is 12.6. The number of rotatable bonds is 5. The first-order valence-corrected chi connectivity index (χ1v) is 5.02. The summed E-state index contributed by atoms with van der Waals surface area (Å²) in [4.78, 5) is 15.3. The predicted molar refractivity (Wildman–Crippen MR) is 58.7 cm³/mol. The maximum atomic E-state index is 11.4. The summed E-state index contributed by atoms with van der Waals surface area (Å²) in [5.74, 6) is -0.207. The Hall–Kier alpha value is -1.46. The minimum Gasteiger partial charge on any atom is -0.393 e. The van der Waals surface area contributed by atoms with Gasteiger partial charge in [0.05, 0.1) is 13.0 Å². The van der Waals surface area contributed by atoms with Gasteiger partial charge in [-0.25, -0.2) is 0 Å². The molecule has 1 amide bonds. The van der Waals surface area contributed by atoms with E-state index in [0.29, 0.717) is 0 Å². The molecule has 0 bridgehead atoms. The van der Waals surface area contributed by atoms with Gasteiger partial charge in [-0.3, -0.25) is 9.78 Å². The van der Waals surface area contributed by atoms with Crippen LogP contribution in [0.1, 0.15) is 12.5 Å². The van der Waals surface area contributed by atoms with E-state index in [2.05, 4.69) is 10.3 Å². The van der Waals surface area contributed by atoms with Crippen molar-refractivity contribution in [3.63, 3.8) is 0 Å². The van der Waals surface area contributed by atoms with Crippen LogP contribution in [-0.2, 0) is 11.2 Å². The summed E-state index contributed by atoms with van der Waals surface area (Å²) in [6.45, 7) is 1.10.